The molecule has 0 unspecified atom stereocenters. The first kappa shape index (κ1) is 24.6. The number of nitrogens with zero attached hydrogens (tertiary/aromatic N) is 2. The van der Waals surface area contributed by atoms with Crippen LogP contribution >= 0.6 is 11.6 Å². The van der Waals surface area contributed by atoms with Crippen molar-refractivity contribution in [1.29, 1.82) is 0 Å². The van der Waals surface area contributed by atoms with E-state index in [1.165, 1.54) is 56.6 Å². The second-order valence-electron chi connectivity index (χ2n) is 7.56. The maximum atomic E-state index is 13.3. The monoisotopic (exact) mass is 496 g/mol. The van der Waals surface area contributed by atoms with Crippen molar-refractivity contribution < 1.29 is 27.2 Å². The van der Waals surface area contributed by atoms with Crippen LogP contribution < -0.4 is 10.6 Å². The molecule has 4 amide bonds. The van der Waals surface area contributed by atoms with Crippen LogP contribution in [0.3, 0.4) is 0 Å². The van der Waals surface area contributed by atoms with Crippen LogP contribution in [-0.2, 0) is 25.2 Å². The van der Waals surface area contributed by atoms with Crippen LogP contribution in [0.25, 0.3) is 0 Å². The molecule has 2 N–H and O–H groups in total. The van der Waals surface area contributed by atoms with Gasteiger partial charge in [0.15, 0.2) is 0 Å². The number of benzene rings is 2. The molecule has 1 aliphatic heterocycles. The molecule has 9 nitrogen and oxygen atoms in total. The molecule has 33 heavy (non-hydrogen) atoms. The quantitative estimate of drug-likeness (QED) is 0.571. The van der Waals surface area contributed by atoms with Crippen molar-refractivity contribution in [3.8, 4) is 0 Å². The second kappa shape index (κ2) is 9.08. The average molecular weight is 497 g/mol. The number of hydrogen-bond acceptors (Lipinski definition) is 5. The van der Waals surface area contributed by atoms with E-state index in [0.29, 0.717) is 5.56 Å². The average Bonchev–Trinajstić information content (AvgIpc) is 3.00. The lowest BCUT2D eigenvalue weighted by Crippen LogP contribution is -2.44. The van der Waals surface area contributed by atoms with Crippen molar-refractivity contribution in [3.05, 3.63) is 58.9 Å². The first-order chi connectivity index (χ1) is 15.4. The van der Waals surface area contributed by atoms with Gasteiger partial charge in [-0.1, -0.05) is 30.7 Å². The lowest BCUT2D eigenvalue weighted by atomic mass is 9.87. The predicted octanol–water partition coefficient (Wildman–Crippen LogP) is 2.53. The van der Waals surface area contributed by atoms with E-state index in [1.807, 2.05) is 0 Å². The van der Waals surface area contributed by atoms with Gasteiger partial charge in [-0.05, 0) is 42.3 Å². The molecule has 0 radical (unpaired) electrons. The van der Waals surface area contributed by atoms with Gasteiger partial charge in [-0.15, -0.1) is 0 Å². The van der Waals surface area contributed by atoms with Crippen LogP contribution in [-0.4, -0.2) is 56.1 Å². The van der Waals surface area contributed by atoms with E-state index in [4.69, 9.17) is 11.6 Å². The highest BCUT2D eigenvalue weighted by Crippen LogP contribution is 2.33. The zero-order valence-corrected chi connectivity index (χ0v) is 19.6. The molecule has 2 aromatic rings. The number of carbonyl (C=O) groups is 3. The van der Waals surface area contributed by atoms with E-state index >= 15 is 0 Å². The molecule has 1 fully saturated rings. The number of imide groups is 1. The third-order valence-corrected chi connectivity index (χ3v) is 7.48. The Morgan fingerprint density at radius 1 is 1.18 bits per heavy atom. The van der Waals surface area contributed by atoms with Crippen LogP contribution in [0.4, 0.5) is 14.9 Å². The molecule has 1 saturated heterocycles. The van der Waals surface area contributed by atoms with E-state index < -0.39 is 45.8 Å². The van der Waals surface area contributed by atoms with Gasteiger partial charge >= 0.3 is 6.03 Å². The highest BCUT2D eigenvalue weighted by Gasteiger charge is 2.51. The van der Waals surface area contributed by atoms with Crippen molar-refractivity contribution >= 4 is 45.2 Å². The predicted molar refractivity (Wildman–Crippen MR) is 120 cm³/mol. The van der Waals surface area contributed by atoms with Crippen LogP contribution in [0.15, 0.2) is 47.4 Å². The zero-order chi connectivity index (χ0) is 24.6. The maximum Gasteiger partial charge on any atom is 0.325 e. The number of urea groups is 1. The first-order valence-electron chi connectivity index (χ1n) is 9.84. The number of amides is 4. The molecule has 1 aliphatic rings. The normalized spacial score (nSPS) is 18.5. The largest absolute Gasteiger partial charge is 0.325 e. The molecule has 0 aromatic heterocycles. The topological polar surface area (TPSA) is 116 Å². The molecule has 176 valence electrons. The number of rotatable bonds is 7. The number of anilines is 1. The number of hydrogen-bond donors (Lipinski definition) is 2. The summed E-state index contributed by atoms with van der Waals surface area (Å²) in [5.41, 5.74) is -1.03. The van der Waals surface area contributed by atoms with Crippen molar-refractivity contribution in [2.75, 3.05) is 26.0 Å². The van der Waals surface area contributed by atoms with Gasteiger partial charge in [-0.2, -0.15) is 0 Å². The molecule has 3 rings (SSSR count). The maximum absolute atomic E-state index is 13.3. The molecule has 1 heterocycles. The number of sulfonamides is 1. The fourth-order valence-electron chi connectivity index (χ4n) is 3.45. The van der Waals surface area contributed by atoms with Crippen LogP contribution in [0.2, 0.25) is 5.02 Å². The van der Waals surface area contributed by atoms with Gasteiger partial charge in [0.05, 0.1) is 15.6 Å². The highest BCUT2D eigenvalue weighted by atomic mass is 35.5. The lowest BCUT2D eigenvalue weighted by molar-refractivity contribution is -0.134. The van der Waals surface area contributed by atoms with Crippen LogP contribution in [0, 0.1) is 5.82 Å². The summed E-state index contributed by atoms with van der Waals surface area (Å²) in [7, 11) is -1.05. The summed E-state index contributed by atoms with van der Waals surface area (Å²) in [5.74, 6) is -1.91. The Hall–Kier alpha value is -3.02. The summed E-state index contributed by atoms with van der Waals surface area (Å²) in [4.78, 5) is 39.0. The number of nitrogens with one attached hydrogen (secondary N) is 2. The van der Waals surface area contributed by atoms with Gasteiger partial charge in [0.1, 0.15) is 17.9 Å². The third-order valence-electron chi connectivity index (χ3n) is 5.34. The lowest BCUT2D eigenvalue weighted by Gasteiger charge is -2.25. The minimum atomic E-state index is -3.78. The van der Waals surface area contributed by atoms with E-state index in [0.717, 1.165) is 9.21 Å². The highest BCUT2D eigenvalue weighted by molar-refractivity contribution is 7.89. The minimum absolute atomic E-state index is 0.0111. The van der Waals surface area contributed by atoms with E-state index in [2.05, 4.69) is 10.6 Å². The fraction of sp³-hybridized carbons (Fsp3) is 0.286. The Labute approximate surface area is 195 Å². The SMILES string of the molecule is CC[C@]1(c2ccc(F)cc2)NC(=O)N(CC(=O)Nc2cc(S(=O)(=O)N(C)C)ccc2Cl)C1=O. The van der Waals surface area contributed by atoms with Crippen LogP contribution in [0.1, 0.15) is 18.9 Å². The van der Waals surface area contributed by atoms with E-state index in [9.17, 15) is 27.2 Å². The smallest absolute Gasteiger partial charge is 0.323 e. The Kier molecular flexibility index (Phi) is 6.78. The van der Waals surface area contributed by atoms with Crippen LogP contribution in [0.5, 0.6) is 0 Å². The van der Waals surface area contributed by atoms with Crippen molar-refractivity contribution in [1.82, 2.24) is 14.5 Å². The molecular weight excluding hydrogens is 475 g/mol. The molecule has 0 bridgehead atoms. The Morgan fingerprint density at radius 2 is 1.82 bits per heavy atom. The molecule has 1 atom stereocenters. The van der Waals surface area contributed by atoms with E-state index in [1.54, 1.807) is 6.92 Å². The summed E-state index contributed by atoms with van der Waals surface area (Å²) in [5, 5.41) is 5.12. The second-order valence-corrected chi connectivity index (χ2v) is 10.1. The third kappa shape index (κ3) is 4.56. The first-order valence-corrected chi connectivity index (χ1v) is 11.7. The summed E-state index contributed by atoms with van der Waals surface area (Å²) in [6.07, 6.45) is 0.178. The van der Waals surface area contributed by atoms with Crippen molar-refractivity contribution in [2.24, 2.45) is 0 Å². The molecule has 0 saturated carbocycles. The fourth-order valence-corrected chi connectivity index (χ4v) is 4.54. The van der Waals surface area contributed by atoms with Gasteiger partial charge < -0.3 is 10.6 Å². The summed E-state index contributed by atoms with van der Waals surface area (Å²) >= 11 is 6.09. The molecule has 0 aliphatic carbocycles. The Bertz CT molecular complexity index is 1220. The summed E-state index contributed by atoms with van der Waals surface area (Å²) in [6, 6.07) is 8.18. The molecule has 2 aromatic carbocycles. The van der Waals surface area contributed by atoms with Gasteiger partial charge in [0, 0.05) is 14.1 Å². The molecule has 0 spiro atoms. The summed E-state index contributed by atoms with van der Waals surface area (Å²) < 4.78 is 39.0. The van der Waals surface area contributed by atoms with Gasteiger partial charge in [0.25, 0.3) is 5.91 Å². The van der Waals surface area contributed by atoms with E-state index in [-0.39, 0.29) is 22.0 Å². The van der Waals surface area contributed by atoms with Crippen molar-refractivity contribution in [3.63, 3.8) is 0 Å². The zero-order valence-electron chi connectivity index (χ0n) is 18.1. The molecule has 12 heteroatoms. The number of carbonyl (C=O) groups excluding carboxylic acids is 3. The number of halogens is 2. The minimum Gasteiger partial charge on any atom is -0.323 e. The molecular formula is C21H22ClFN4O5S. The van der Waals surface area contributed by atoms with Gasteiger partial charge in [-0.3, -0.25) is 14.5 Å². The van der Waals surface area contributed by atoms with Crippen molar-refractivity contribution in [2.45, 2.75) is 23.8 Å². The standard InChI is InChI=1S/C21H22ClFN4O5S/c1-4-21(13-5-7-14(23)8-6-13)19(29)27(20(30)25-21)12-18(28)24-17-11-15(9-10-16(17)22)33(31,32)26(2)3/h5-11H,4,12H2,1-3H3,(H,24,28)(H,25,30)/t21-/m1/s1. The van der Waals surface area contributed by atoms with Gasteiger partial charge in [0.2, 0.25) is 15.9 Å². The van der Waals surface area contributed by atoms with Gasteiger partial charge in [-0.25, -0.2) is 21.9 Å². The summed E-state index contributed by atoms with van der Waals surface area (Å²) in [6.45, 7) is 1.05. The Balaban J connectivity index is 1.82. The Morgan fingerprint density at radius 3 is 2.39 bits per heavy atom.